The van der Waals surface area contributed by atoms with Gasteiger partial charge >= 0.3 is 5.97 Å². The maximum Gasteiger partial charge on any atom is 0.339 e. The van der Waals surface area contributed by atoms with Crippen molar-refractivity contribution in [2.75, 3.05) is 19.0 Å². The summed E-state index contributed by atoms with van der Waals surface area (Å²) in [6.45, 7) is 6.18. The number of benzene rings is 1. The van der Waals surface area contributed by atoms with Crippen LogP contribution in [0.3, 0.4) is 0 Å². The molecule has 0 spiro atoms. The molecular weight excluding hydrogens is 326 g/mol. The molecule has 2 rings (SSSR count). The van der Waals surface area contributed by atoms with E-state index in [2.05, 4.69) is 5.32 Å². The molecule has 0 unspecified atom stereocenters. The van der Waals surface area contributed by atoms with Gasteiger partial charge in [0.1, 0.15) is 0 Å². The van der Waals surface area contributed by atoms with Crippen LogP contribution in [-0.2, 0) is 14.3 Å². The Morgan fingerprint density at radius 3 is 2.75 bits per heavy atom. The molecule has 1 aromatic rings. The fourth-order valence-electron chi connectivity index (χ4n) is 2.38. The fourth-order valence-corrected chi connectivity index (χ4v) is 3.49. The van der Waals surface area contributed by atoms with Crippen LogP contribution in [0.1, 0.15) is 44.0 Å². The minimum Gasteiger partial charge on any atom is -0.452 e. The normalized spacial score (nSPS) is 17.5. The molecule has 0 radical (unpaired) electrons. The van der Waals surface area contributed by atoms with E-state index in [-0.39, 0.29) is 24.2 Å². The summed E-state index contributed by atoms with van der Waals surface area (Å²) in [5.74, 6) is 0.0317. The van der Waals surface area contributed by atoms with Crippen LogP contribution < -0.4 is 5.32 Å². The Labute approximate surface area is 147 Å². The molecular formula is C18H25NO4S. The van der Waals surface area contributed by atoms with Gasteiger partial charge in [0.2, 0.25) is 0 Å². The summed E-state index contributed by atoms with van der Waals surface area (Å²) in [5, 5.41) is 2.76. The van der Waals surface area contributed by atoms with Crippen LogP contribution >= 0.6 is 11.8 Å². The van der Waals surface area contributed by atoms with E-state index in [1.807, 2.05) is 32.9 Å². The van der Waals surface area contributed by atoms with Gasteiger partial charge in [0.25, 0.3) is 5.91 Å². The summed E-state index contributed by atoms with van der Waals surface area (Å²) in [5.41, 5.74) is 0.141. The standard InChI is InChI=1S/C18H25NO4S/c1-18(2,3)19-16(20)11-23-17(21)14-8-4-5-9-15(14)24-12-13-7-6-10-22-13/h4-5,8-9,13H,6-7,10-12H2,1-3H3,(H,19,20)/t13-/m0/s1. The number of rotatable bonds is 6. The van der Waals surface area contributed by atoms with Crippen LogP contribution in [0.15, 0.2) is 29.2 Å². The summed E-state index contributed by atoms with van der Waals surface area (Å²) in [4.78, 5) is 24.9. The van der Waals surface area contributed by atoms with E-state index in [0.717, 1.165) is 30.1 Å². The molecule has 0 saturated carbocycles. The number of amides is 1. The molecule has 0 aliphatic carbocycles. The van der Waals surface area contributed by atoms with Crippen LogP contribution in [-0.4, -0.2) is 42.5 Å². The van der Waals surface area contributed by atoms with Crippen molar-refractivity contribution >= 4 is 23.6 Å². The highest BCUT2D eigenvalue weighted by Crippen LogP contribution is 2.27. The fraction of sp³-hybridized carbons (Fsp3) is 0.556. The molecule has 1 aliphatic heterocycles. The van der Waals surface area contributed by atoms with Crippen molar-refractivity contribution in [1.29, 1.82) is 0 Å². The average molecular weight is 351 g/mol. The van der Waals surface area contributed by atoms with Gasteiger partial charge in [0.05, 0.1) is 11.7 Å². The minimum atomic E-state index is -0.477. The van der Waals surface area contributed by atoms with Gasteiger partial charge < -0.3 is 14.8 Å². The second kappa shape index (κ2) is 8.53. The zero-order valence-corrected chi connectivity index (χ0v) is 15.3. The van der Waals surface area contributed by atoms with Crippen molar-refractivity contribution < 1.29 is 19.1 Å². The molecule has 1 N–H and O–H groups in total. The third-order valence-corrected chi connectivity index (χ3v) is 4.61. The van der Waals surface area contributed by atoms with Crippen molar-refractivity contribution in [2.24, 2.45) is 0 Å². The third kappa shape index (κ3) is 6.17. The number of hydrogen-bond acceptors (Lipinski definition) is 5. The molecule has 1 aromatic carbocycles. The maximum absolute atomic E-state index is 12.3. The van der Waals surface area contributed by atoms with E-state index in [4.69, 9.17) is 9.47 Å². The van der Waals surface area contributed by atoms with Gasteiger partial charge in [-0.2, -0.15) is 0 Å². The molecule has 0 aromatic heterocycles. The number of hydrogen-bond donors (Lipinski definition) is 1. The molecule has 6 heteroatoms. The van der Waals surface area contributed by atoms with Crippen molar-refractivity contribution in [2.45, 2.75) is 50.2 Å². The van der Waals surface area contributed by atoms with Crippen molar-refractivity contribution in [3.63, 3.8) is 0 Å². The van der Waals surface area contributed by atoms with E-state index in [9.17, 15) is 9.59 Å². The maximum atomic E-state index is 12.3. The number of esters is 1. The summed E-state index contributed by atoms with van der Waals surface area (Å²) in [6, 6.07) is 7.30. The lowest BCUT2D eigenvalue weighted by atomic mass is 10.1. The Kier molecular flexibility index (Phi) is 6.69. The Balaban J connectivity index is 1.90. The molecule has 1 heterocycles. The summed E-state index contributed by atoms with van der Waals surface area (Å²) in [6.07, 6.45) is 2.40. The third-order valence-electron chi connectivity index (χ3n) is 3.40. The lowest BCUT2D eigenvalue weighted by Crippen LogP contribution is -2.42. The highest BCUT2D eigenvalue weighted by molar-refractivity contribution is 7.99. The molecule has 1 saturated heterocycles. The first kappa shape index (κ1) is 18.8. The van der Waals surface area contributed by atoms with Crippen LogP contribution in [0.5, 0.6) is 0 Å². The SMILES string of the molecule is CC(C)(C)NC(=O)COC(=O)c1ccccc1SC[C@@H]1CCCO1. The topological polar surface area (TPSA) is 64.6 Å². The number of nitrogens with one attached hydrogen (secondary N) is 1. The monoisotopic (exact) mass is 351 g/mol. The lowest BCUT2D eigenvalue weighted by molar-refractivity contribution is -0.125. The quantitative estimate of drug-likeness (QED) is 0.630. The second-order valence-electron chi connectivity index (χ2n) is 6.82. The highest BCUT2D eigenvalue weighted by Gasteiger charge is 2.20. The first-order valence-corrected chi connectivity index (χ1v) is 9.15. The Bertz CT molecular complexity index is 577. The van der Waals surface area contributed by atoms with E-state index < -0.39 is 5.97 Å². The molecule has 1 fully saturated rings. The van der Waals surface area contributed by atoms with Crippen LogP contribution in [0.4, 0.5) is 0 Å². The number of carbonyl (C=O) groups is 2. The van der Waals surface area contributed by atoms with Crippen molar-refractivity contribution in [3.05, 3.63) is 29.8 Å². The van der Waals surface area contributed by atoms with Gasteiger partial charge in [-0.1, -0.05) is 12.1 Å². The molecule has 5 nitrogen and oxygen atoms in total. The summed E-state index contributed by atoms with van der Waals surface area (Å²) >= 11 is 1.59. The largest absolute Gasteiger partial charge is 0.452 e. The van der Waals surface area contributed by atoms with Gasteiger partial charge in [0.15, 0.2) is 6.61 Å². The molecule has 1 amide bonds. The molecule has 132 valence electrons. The van der Waals surface area contributed by atoms with Crippen molar-refractivity contribution in [1.82, 2.24) is 5.32 Å². The Morgan fingerprint density at radius 2 is 2.08 bits per heavy atom. The minimum absolute atomic E-state index is 0.247. The molecule has 1 aliphatic rings. The lowest BCUT2D eigenvalue weighted by Gasteiger charge is -2.20. The van der Waals surface area contributed by atoms with E-state index in [0.29, 0.717) is 5.56 Å². The first-order valence-electron chi connectivity index (χ1n) is 8.17. The van der Waals surface area contributed by atoms with Crippen molar-refractivity contribution in [3.8, 4) is 0 Å². The van der Waals surface area contributed by atoms with E-state index >= 15 is 0 Å². The summed E-state index contributed by atoms with van der Waals surface area (Å²) < 4.78 is 10.8. The summed E-state index contributed by atoms with van der Waals surface area (Å²) in [7, 11) is 0. The first-order chi connectivity index (χ1) is 11.3. The van der Waals surface area contributed by atoms with Gasteiger partial charge in [-0.05, 0) is 45.7 Å². The number of ether oxygens (including phenoxy) is 2. The van der Waals surface area contributed by atoms with Crippen LogP contribution in [0.2, 0.25) is 0 Å². The smallest absolute Gasteiger partial charge is 0.339 e. The van der Waals surface area contributed by atoms with Gasteiger partial charge in [-0.25, -0.2) is 4.79 Å². The second-order valence-corrected chi connectivity index (χ2v) is 7.88. The van der Waals surface area contributed by atoms with Gasteiger partial charge in [-0.15, -0.1) is 11.8 Å². The van der Waals surface area contributed by atoms with Gasteiger partial charge in [0, 0.05) is 22.8 Å². The average Bonchev–Trinajstić information content (AvgIpc) is 3.02. The Morgan fingerprint density at radius 1 is 1.33 bits per heavy atom. The zero-order chi connectivity index (χ0) is 17.6. The predicted octanol–water partition coefficient (Wildman–Crippen LogP) is 3.03. The van der Waals surface area contributed by atoms with Crippen LogP contribution in [0.25, 0.3) is 0 Å². The molecule has 0 bridgehead atoms. The number of carbonyl (C=O) groups excluding carboxylic acids is 2. The van der Waals surface area contributed by atoms with Gasteiger partial charge in [-0.3, -0.25) is 4.79 Å². The predicted molar refractivity (Wildman–Crippen MR) is 94.3 cm³/mol. The zero-order valence-electron chi connectivity index (χ0n) is 14.5. The molecule has 1 atom stereocenters. The van der Waals surface area contributed by atoms with E-state index in [1.54, 1.807) is 23.9 Å². The number of thioether (sulfide) groups is 1. The van der Waals surface area contributed by atoms with Crippen LogP contribution in [0, 0.1) is 0 Å². The Hall–Kier alpha value is -1.53. The van der Waals surface area contributed by atoms with E-state index in [1.165, 1.54) is 0 Å². The highest BCUT2D eigenvalue weighted by atomic mass is 32.2. The molecule has 24 heavy (non-hydrogen) atoms.